The third-order valence-corrected chi connectivity index (χ3v) is 4.60. The predicted octanol–water partition coefficient (Wildman–Crippen LogP) is 1.22. The van der Waals surface area contributed by atoms with Crippen molar-refractivity contribution in [2.75, 3.05) is 26.2 Å². The molecule has 1 saturated heterocycles. The van der Waals surface area contributed by atoms with Crippen LogP contribution in [0.3, 0.4) is 0 Å². The molecule has 0 spiro atoms. The molecule has 2 rings (SSSR count). The molecule has 1 aliphatic heterocycles. The maximum Gasteiger partial charge on any atom is 0.315 e. The van der Waals surface area contributed by atoms with Crippen LogP contribution in [-0.2, 0) is 4.79 Å². The third-order valence-electron chi connectivity index (χ3n) is 4.60. The number of rotatable bonds is 6. The summed E-state index contributed by atoms with van der Waals surface area (Å²) in [6.07, 6.45) is 7.68. The van der Waals surface area contributed by atoms with Gasteiger partial charge in [0.05, 0.1) is 6.54 Å². The van der Waals surface area contributed by atoms with Gasteiger partial charge in [-0.25, -0.2) is 4.79 Å². The van der Waals surface area contributed by atoms with Crippen molar-refractivity contribution in [2.24, 2.45) is 0 Å². The molecule has 2 fully saturated rings. The lowest BCUT2D eigenvalue weighted by atomic mass is 9.96. The van der Waals surface area contributed by atoms with E-state index < -0.39 is 0 Å². The van der Waals surface area contributed by atoms with Crippen LogP contribution in [0, 0.1) is 0 Å². The Morgan fingerprint density at radius 3 is 2.59 bits per heavy atom. The summed E-state index contributed by atoms with van der Waals surface area (Å²) in [5.74, 6) is 0.0225. The molecule has 1 unspecified atom stereocenters. The molecule has 6 nitrogen and oxygen atoms in total. The second-order valence-electron chi connectivity index (χ2n) is 6.40. The lowest BCUT2D eigenvalue weighted by Gasteiger charge is -2.28. The smallest absolute Gasteiger partial charge is 0.315 e. The van der Waals surface area contributed by atoms with E-state index >= 15 is 0 Å². The Balaban J connectivity index is 1.73. The monoisotopic (exact) mass is 310 g/mol. The summed E-state index contributed by atoms with van der Waals surface area (Å²) in [6, 6.07) is 0.339. The number of urea groups is 1. The summed E-state index contributed by atoms with van der Waals surface area (Å²) in [4.78, 5) is 26.2. The molecule has 0 aromatic heterocycles. The third kappa shape index (κ3) is 5.16. The Labute approximate surface area is 133 Å². The first-order chi connectivity index (χ1) is 10.7. The first-order valence-corrected chi connectivity index (χ1v) is 8.75. The van der Waals surface area contributed by atoms with Gasteiger partial charge in [-0.15, -0.1) is 0 Å². The zero-order valence-corrected chi connectivity index (χ0v) is 13.7. The first kappa shape index (κ1) is 17.1. The van der Waals surface area contributed by atoms with Crippen LogP contribution in [0.1, 0.15) is 51.9 Å². The number of carbonyl (C=O) groups excluding carboxylic acids is 2. The molecule has 0 radical (unpaired) electrons. The fourth-order valence-corrected chi connectivity index (χ4v) is 3.40. The second kappa shape index (κ2) is 8.98. The van der Waals surface area contributed by atoms with Crippen molar-refractivity contribution in [1.82, 2.24) is 20.9 Å². The van der Waals surface area contributed by atoms with Crippen LogP contribution in [0.2, 0.25) is 0 Å². The Bertz CT molecular complexity index is 363. The topological polar surface area (TPSA) is 73.5 Å². The Hall–Kier alpha value is -1.30. The number of nitrogens with one attached hydrogen (secondary N) is 3. The summed E-state index contributed by atoms with van der Waals surface area (Å²) in [6.45, 7) is 4.76. The van der Waals surface area contributed by atoms with Crippen molar-refractivity contribution in [3.05, 3.63) is 0 Å². The molecule has 3 amide bonds. The van der Waals surface area contributed by atoms with Gasteiger partial charge in [0.15, 0.2) is 0 Å². The highest BCUT2D eigenvalue weighted by atomic mass is 16.2. The van der Waals surface area contributed by atoms with E-state index in [2.05, 4.69) is 22.9 Å². The van der Waals surface area contributed by atoms with Crippen molar-refractivity contribution in [2.45, 2.75) is 64.0 Å². The zero-order valence-electron chi connectivity index (χ0n) is 13.7. The van der Waals surface area contributed by atoms with E-state index in [4.69, 9.17) is 0 Å². The molecule has 0 bridgehead atoms. The maximum absolute atomic E-state index is 12.4. The van der Waals surface area contributed by atoms with E-state index in [0.717, 1.165) is 45.3 Å². The molecule has 0 aromatic rings. The van der Waals surface area contributed by atoms with Gasteiger partial charge >= 0.3 is 6.03 Å². The van der Waals surface area contributed by atoms with Crippen LogP contribution in [0.25, 0.3) is 0 Å². The highest BCUT2D eigenvalue weighted by Crippen LogP contribution is 2.17. The maximum atomic E-state index is 12.4. The molecule has 3 N–H and O–H groups in total. The summed E-state index contributed by atoms with van der Waals surface area (Å²) >= 11 is 0. The minimum absolute atomic E-state index is 0.0225. The molecule has 6 heteroatoms. The van der Waals surface area contributed by atoms with Gasteiger partial charge < -0.3 is 20.9 Å². The van der Waals surface area contributed by atoms with Crippen LogP contribution in [0.4, 0.5) is 4.79 Å². The van der Waals surface area contributed by atoms with Gasteiger partial charge in [-0.05, 0) is 32.2 Å². The molecule has 1 atom stereocenters. The highest BCUT2D eigenvalue weighted by Gasteiger charge is 2.26. The number of carbonyl (C=O) groups is 2. The van der Waals surface area contributed by atoms with Gasteiger partial charge in [-0.2, -0.15) is 0 Å². The van der Waals surface area contributed by atoms with Gasteiger partial charge in [0.25, 0.3) is 0 Å². The number of amides is 3. The van der Waals surface area contributed by atoms with Crippen molar-refractivity contribution in [3.63, 3.8) is 0 Å². The van der Waals surface area contributed by atoms with Crippen molar-refractivity contribution >= 4 is 11.9 Å². The molecular formula is C16H30N4O2. The fourth-order valence-electron chi connectivity index (χ4n) is 3.40. The molecule has 2 aliphatic rings. The summed E-state index contributed by atoms with van der Waals surface area (Å²) in [7, 11) is 0. The largest absolute Gasteiger partial charge is 0.337 e. The van der Waals surface area contributed by atoms with Crippen LogP contribution in [-0.4, -0.2) is 55.1 Å². The first-order valence-electron chi connectivity index (χ1n) is 8.75. The SMILES string of the molecule is CCCN(C(=O)CNC(=O)NC1CCCCC1)C1CCNC1. The molecule has 126 valence electrons. The Morgan fingerprint density at radius 2 is 1.95 bits per heavy atom. The van der Waals surface area contributed by atoms with E-state index in [1.54, 1.807) is 0 Å². The minimum Gasteiger partial charge on any atom is -0.337 e. The lowest BCUT2D eigenvalue weighted by molar-refractivity contribution is -0.132. The molecule has 1 saturated carbocycles. The van der Waals surface area contributed by atoms with Gasteiger partial charge in [0.1, 0.15) is 0 Å². The zero-order chi connectivity index (χ0) is 15.8. The molecular weight excluding hydrogens is 280 g/mol. The van der Waals surface area contributed by atoms with Crippen molar-refractivity contribution in [3.8, 4) is 0 Å². The van der Waals surface area contributed by atoms with E-state index in [1.807, 2.05) is 4.90 Å². The minimum atomic E-state index is -0.207. The van der Waals surface area contributed by atoms with Crippen LogP contribution in [0.15, 0.2) is 0 Å². The average Bonchev–Trinajstić information content (AvgIpc) is 3.05. The van der Waals surface area contributed by atoms with Crippen molar-refractivity contribution in [1.29, 1.82) is 0 Å². The summed E-state index contributed by atoms with van der Waals surface area (Å²) in [5, 5.41) is 9.00. The number of hydrogen-bond donors (Lipinski definition) is 3. The Kier molecular flexibility index (Phi) is 6.96. The van der Waals surface area contributed by atoms with E-state index in [9.17, 15) is 9.59 Å². The quantitative estimate of drug-likeness (QED) is 0.690. The van der Waals surface area contributed by atoms with Gasteiger partial charge in [-0.1, -0.05) is 26.2 Å². The van der Waals surface area contributed by atoms with E-state index in [-0.39, 0.29) is 30.6 Å². The number of hydrogen-bond acceptors (Lipinski definition) is 3. The van der Waals surface area contributed by atoms with Gasteiger partial charge in [-0.3, -0.25) is 4.79 Å². The van der Waals surface area contributed by atoms with Crippen molar-refractivity contribution < 1.29 is 9.59 Å². The van der Waals surface area contributed by atoms with Crippen LogP contribution < -0.4 is 16.0 Å². The number of nitrogens with zero attached hydrogens (tertiary/aromatic N) is 1. The standard InChI is InChI=1S/C16H30N4O2/c1-2-10-20(14-8-9-17-11-14)15(21)12-18-16(22)19-13-6-4-3-5-7-13/h13-14,17H,2-12H2,1H3,(H2,18,19,22). The van der Waals surface area contributed by atoms with Gasteiger partial charge in [0, 0.05) is 25.2 Å². The van der Waals surface area contributed by atoms with Gasteiger partial charge in [0.2, 0.25) is 5.91 Å². The summed E-state index contributed by atoms with van der Waals surface area (Å²) < 4.78 is 0. The fraction of sp³-hybridized carbons (Fsp3) is 0.875. The van der Waals surface area contributed by atoms with Crippen LogP contribution in [0.5, 0.6) is 0 Å². The van der Waals surface area contributed by atoms with E-state index in [1.165, 1.54) is 19.3 Å². The average molecular weight is 310 g/mol. The van der Waals surface area contributed by atoms with Crippen LogP contribution >= 0.6 is 0 Å². The highest BCUT2D eigenvalue weighted by molar-refractivity contribution is 5.84. The molecule has 1 aliphatic carbocycles. The lowest BCUT2D eigenvalue weighted by Crippen LogP contribution is -2.49. The molecule has 0 aromatic carbocycles. The molecule has 22 heavy (non-hydrogen) atoms. The molecule has 1 heterocycles. The second-order valence-corrected chi connectivity index (χ2v) is 6.40. The predicted molar refractivity (Wildman–Crippen MR) is 86.7 cm³/mol. The Morgan fingerprint density at radius 1 is 1.18 bits per heavy atom. The normalized spacial score (nSPS) is 22.3. The summed E-state index contributed by atoms with van der Waals surface area (Å²) in [5.41, 5.74) is 0. The van der Waals surface area contributed by atoms with E-state index in [0.29, 0.717) is 0 Å².